The van der Waals surface area contributed by atoms with E-state index in [1.54, 1.807) is 18.4 Å². The molecule has 5 heteroatoms. The summed E-state index contributed by atoms with van der Waals surface area (Å²) >= 11 is 1.68. The first-order valence-corrected chi connectivity index (χ1v) is 7.60. The molecule has 0 aromatic carbocycles. The van der Waals surface area contributed by atoms with Crippen LogP contribution in [-0.2, 0) is 11.3 Å². The van der Waals surface area contributed by atoms with Crippen LogP contribution in [0, 0.1) is 0 Å². The van der Waals surface area contributed by atoms with Gasteiger partial charge in [-0.3, -0.25) is 9.80 Å². The fraction of sp³-hybridized carbons (Fsp3) is 0.769. The molecule has 1 aliphatic heterocycles. The van der Waals surface area contributed by atoms with Crippen LogP contribution in [0.4, 0.5) is 0 Å². The van der Waals surface area contributed by atoms with Crippen LogP contribution in [0.25, 0.3) is 0 Å². The van der Waals surface area contributed by atoms with E-state index in [1.807, 2.05) is 5.51 Å². The Morgan fingerprint density at radius 3 is 3.06 bits per heavy atom. The maximum Gasteiger partial charge on any atom is 0.0795 e. The Labute approximate surface area is 114 Å². The lowest BCUT2D eigenvalue weighted by atomic mass is 10.1. The van der Waals surface area contributed by atoms with Crippen LogP contribution < -0.4 is 0 Å². The van der Waals surface area contributed by atoms with Gasteiger partial charge in [-0.2, -0.15) is 0 Å². The van der Waals surface area contributed by atoms with Crippen LogP contribution in [0.3, 0.4) is 0 Å². The van der Waals surface area contributed by atoms with Gasteiger partial charge in [0.05, 0.1) is 17.8 Å². The summed E-state index contributed by atoms with van der Waals surface area (Å²) in [6.45, 7) is 8.60. The molecule has 1 aromatic rings. The van der Waals surface area contributed by atoms with Gasteiger partial charge < -0.3 is 4.74 Å². The minimum Gasteiger partial charge on any atom is -0.383 e. The zero-order valence-corrected chi connectivity index (χ0v) is 12.2. The fourth-order valence-electron chi connectivity index (χ4n) is 2.54. The highest BCUT2D eigenvalue weighted by Crippen LogP contribution is 2.15. The van der Waals surface area contributed by atoms with Crippen molar-refractivity contribution in [2.24, 2.45) is 0 Å². The summed E-state index contributed by atoms with van der Waals surface area (Å²) in [5.74, 6) is 0. The number of hydrogen-bond donors (Lipinski definition) is 0. The Morgan fingerprint density at radius 1 is 1.50 bits per heavy atom. The maximum atomic E-state index is 5.19. The number of thiazole rings is 1. The Bertz CT molecular complexity index is 331. The number of aromatic nitrogens is 1. The molecular formula is C13H23N3OS. The molecule has 2 heterocycles. The standard InChI is InChI=1S/C13H23N3OS/c1-3-13-9-15(8-12-10-18-11-14-12)4-5-16(13)6-7-17-2/h10-11,13H,3-9H2,1-2H3/t13-/m0/s1. The zero-order chi connectivity index (χ0) is 12.8. The molecular weight excluding hydrogens is 246 g/mol. The molecule has 0 saturated carbocycles. The summed E-state index contributed by atoms with van der Waals surface area (Å²) in [5, 5.41) is 2.15. The van der Waals surface area contributed by atoms with Crippen LogP contribution in [0.5, 0.6) is 0 Å². The molecule has 0 spiro atoms. The van der Waals surface area contributed by atoms with Gasteiger partial charge in [0.25, 0.3) is 0 Å². The van der Waals surface area contributed by atoms with E-state index in [4.69, 9.17) is 4.74 Å². The van der Waals surface area contributed by atoms with Gasteiger partial charge in [-0.05, 0) is 6.42 Å². The number of hydrogen-bond acceptors (Lipinski definition) is 5. The van der Waals surface area contributed by atoms with Crippen molar-refractivity contribution in [1.29, 1.82) is 0 Å². The monoisotopic (exact) mass is 269 g/mol. The molecule has 0 unspecified atom stereocenters. The molecule has 0 N–H and O–H groups in total. The number of ether oxygens (including phenoxy) is 1. The van der Waals surface area contributed by atoms with Gasteiger partial charge in [0.2, 0.25) is 0 Å². The molecule has 0 bridgehead atoms. The van der Waals surface area contributed by atoms with Crippen LogP contribution in [-0.4, -0.2) is 60.7 Å². The molecule has 1 atom stereocenters. The van der Waals surface area contributed by atoms with E-state index >= 15 is 0 Å². The number of nitrogens with zero attached hydrogens (tertiary/aromatic N) is 3. The third-order valence-electron chi connectivity index (χ3n) is 3.61. The average Bonchev–Trinajstić information content (AvgIpc) is 2.90. The molecule has 1 aromatic heterocycles. The molecule has 1 fully saturated rings. The van der Waals surface area contributed by atoms with E-state index in [1.165, 1.54) is 12.1 Å². The summed E-state index contributed by atoms with van der Waals surface area (Å²) in [7, 11) is 1.78. The van der Waals surface area contributed by atoms with E-state index in [0.29, 0.717) is 6.04 Å². The Kier molecular flexibility index (Phi) is 5.56. The summed E-state index contributed by atoms with van der Waals surface area (Å²) in [4.78, 5) is 9.45. The molecule has 2 rings (SSSR count). The van der Waals surface area contributed by atoms with Gasteiger partial charge >= 0.3 is 0 Å². The van der Waals surface area contributed by atoms with Crippen molar-refractivity contribution < 1.29 is 4.74 Å². The summed E-state index contributed by atoms with van der Waals surface area (Å²) < 4.78 is 5.19. The van der Waals surface area contributed by atoms with Crippen LogP contribution in [0.15, 0.2) is 10.9 Å². The minimum absolute atomic E-state index is 0.660. The summed E-state index contributed by atoms with van der Waals surface area (Å²) in [5.41, 5.74) is 3.13. The quantitative estimate of drug-likeness (QED) is 0.786. The molecule has 1 saturated heterocycles. The van der Waals surface area contributed by atoms with Crippen molar-refractivity contribution in [3.63, 3.8) is 0 Å². The van der Waals surface area contributed by atoms with Gasteiger partial charge in [0.15, 0.2) is 0 Å². The first-order valence-electron chi connectivity index (χ1n) is 6.66. The summed E-state index contributed by atoms with van der Waals surface area (Å²) in [6, 6.07) is 0.660. The van der Waals surface area contributed by atoms with Gasteiger partial charge in [-0.1, -0.05) is 6.92 Å². The van der Waals surface area contributed by atoms with Gasteiger partial charge in [0, 0.05) is 51.3 Å². The van der Waals surface area contributed by atoms with Crippen molar-refractivity contribution in [2.75, 3.05) is 39.9 Å². The van der Waals surface area contributed by atoms with Crippen molar-refractivity contribution in [3.8, 4) is 0 Å². The van der Waals surface area contributed by atoms with E-state index < -0.39 is 0 Å². The van der Waals surface area contributed by atoms with Gasteiger partial charge in [-0.15, -0.1) is 11.3 Å². The van der Waals surface area contributed by atoms with Crippen molar-refractivity contribution in [3.05, 3.63) is 16.6 Å². The topological polar surface area (TPSA) is 28.6 Å². The average molecular weight is 269 g/mol. The molecule has 0 amide bonds. The number of methoxy groups -OCH3 is 1. The van der Waals surface area contributed by atoms with Gasteiger partial charge in [-0.25, -0.2) is 4.98 Å². The van der Waals surface area contributed by atoms with Crippen LogP contribution >= 0.6 is 11.3 Å². The first kappa shape index (κ1) is 13.9. The largest absolute Gasteiger partial charge is 0.383 e. The normalized spacial score (nSPS) is 22.4. The van der Waals surface area contributed by atoms with Crippen molar-refractivity contribution in [2.45, 2.75) is 25.9 Å². The molecule has 102 valence electrons. The molecule has 4 nitrogen and oxygen atoms in total. The first-order chi connectivity index (χ1) is 8.83. The van der Waals surface area contributed by atoms with E-state index in [9.17, 15) is 0 Å². The predicted octanol–water partition coefficient (Wildman–Crippen LogP) is 1.69. The Hall–Kier alpha value is -0.490. The third kappa shape index (κ3) is 3.75. The number of piperazine rings is 1. The maximum absolute atomic E-state index is 5.19. The highest BCUT2D eigenvalue weighted by molar-refractivity contribution is 7.07. The minimum atomic E-state index is 0.660. The van der Waals surface area contributed by atoms with Gasteiger partial charge in [0.1, 0.15) is 0 Å². The lowest BCUT2D eigenvalue weighted by Crippen LogP contribution is -2.53. The van der Waals surface area contributed by atoms with E-state index in [0.717, 1.165) is 39.3 Å². The molecule has 0 radical (unpaired) electrons. The SMILES string of the molecule is CC[C@H]1CN(Cc2cscn2)CCN1CCOC. The van der Waals surface area contributed by atoms with E-state index in [-0.39, 0.29) is 0 Å². The van der Waals surface area contributed by atoms with Crippen LogP contribution in [0.1, 0.15) is 19.0 Å². The summed E-state index contributed by atoms with van der Waals surface area (Å²) in [6.07, 6.45) is 1.21. The fourth-order valence-corrected chi connectivity index (χ4v) is 3.09. The Morgan fingerprint density at radius 2 is 2.39 bits per heavy atom. The third-order valence-corrected chi connectivity index (χ3v) is 4.25. The van der Waals surface area contributed by atoms with E-state index in [2.05, 4.69) is 27.1 Å². The number of rotatable bonds is 6. The van der Waals surface area contributed by atoms with Crippen molar-refractivity contribution >= 4 is 11.3 Å². The highest BCUT2D eigenvalue weighted by atomic mass is 32.1. The predicted molar refractivity (Wildman–Crippen MR) is 74.9 cm³/mol. The lowest BCUT2D eigenvalue weighted by Gasteiger charge is -2.40. The second-order valence-corrected chi connectivity index (χ2v) is 5.52. The molecule has 0 aliphatic carbocycles. The smallest absolute Gasteiger partial charge is 0.0795 e. The molecule has 18 heavy (non-hydrogen) atoms. The highest BCUT2D eigenvalue weighted by Gasteiger charge is 2.25. The molecule has 1 aliphatic rings. The second kappa shape index (κ2) is 7.19. The second-order valence-electron chi connectivity index (χ2n) is 4.81. The zero-order valence-electron chi connectivity index (χ0n) is 11.3. The Balaban J connectivity index is 1.83. The van der Waals surface area contributed by atoms with Crippen LogP contribution in [0.2, 0.25) is 0 Å². The van der Waals surface area contributed by atoms with Crippen molar-refractivity contribution in [1.82, 2.24) is 14.8 Å². The lowest BCUT2D eigenvalue weighted by molar-refractivity contribution is 0.0461.